The predicted octanol–water partition coefficient (Wildman–Crippen LogP) is 4.85. The van der Waals surface area contributed by atoms with E-state index < -0.39 is 0 Å². The van der Waals surface area contributed by atoms with Gasteiger partial charge in [-0.05, 0) is 56.0 Å². The molecular formula is C19H24N2. The van der Waals surface area contributed by atoms with E-state index in [4.69, 9.17) is 0 Å². The second-order valence-corrected chi connectivity index (χ2v) is 5.87. The third-order valence-electron chi connectivity index (χ3n) is 4.27. The van der Waals surface area contributed by atoms with Gasteiger partial charge in [-0.25, -0.2) is 0 Å². The lowest BCUT2D eigenvalue weighted by Crippen LogP contribution is -2.29. The van der Waals surface area contributed by atoms with Crippen LogP contribution < -0.4 is 10.2 Å². The van der Waals surface area contributed by atoms with E-state index in [2.05, 4.69) is 71.7 Å². The zero-order valence-corrected chi connectivity index (χ0v) is 12.8. The Bertz CT molecular complexity index is 542. The summed E-state index contributed by atoms with van der Waals surface area (Å²) in [7, 11) is 0. The van der Waals surface area contributed by atoms with Gasteiger partial charge in [0.2, 0.25) is 0 Å². The van der Waals surface area contributed by atoms with E-state index in [1.807, 2.05) is 0 Å². The second-order valence-electron chi connectivity index (χ2n) is 5.87. The van der Waals surface area contributed by atoms with Crippen LogP contribution in [0.3, 0.4) is 0 Å². The van der Waals surface area contributed by atoms with Crippen molar-refractivity contribution in [3.8, 4) is 0 Å². The molecule has 0 amide bonds. The molecule has 2 aromatic carbocycles. The van der Waals surface area contributed by atoms with Crippen molar-refractivity contribution in [3.63, 3.8) is 0 Å². The fourth-order valence-corrected chi connectivity index (χ4v) is 3.00. The van der Waals surface area contributed by atoms with Crippen molar-refractivity contribution in [3.05, 3.63) is 60.2 Å². The number of hydrogen-bond acceptors (Lipinski definition) is 2. The molecule has 1 N–H and O–H groups in total. The summed E-state index contributed by atoms with van der Waals surface area (Å²) in [4.78, 5) is 2.49. The molecule has 0 saturated carbocycles. The molecular weight excluding hydrogens is 256 g/mol. The number of hydrogen-bond donors (Lipinski definition) is 1. The van der Waals surface area contributed by atoms with E-state index in [9.17, 15) is 0 Å². The van der Waals surface area contributed by atoms with E-state index in [1.165, 1.54) is 49.3 Å². The van der Waals surface area contributed by atoms with Gasteiger partial charge >= 0.3 is 0 Å². The van der Waals surface area contributed by atoms with Crippen molar-refractivity contribution < 1.29 is 0 Å². The van der Waals surface area contributed by atoms with Gasteiger partial charge in [-0.2, -0.15) is 0 Å². The highest BCUT2D eigenvalue weighted by Crippen LogP contribution is 2.24. The zero-order valence-electron chi connectivity index (χ0n) is 12.8. The highest BCUT2D eigenvalue weighted by molar-refractivity contribution is 5.56. The third-order valence-corrected chi connectivity index (χ3v) is 4.27. The van der Waals surface area contributed by atoms with Crippen LogP contribution in [0.2, 0.25) is 0 Å². The van der Waals surface area contributed by atoms with Gasteiger partial charge in [-0.3, -0.25) is 0 Å². The molecule has 1 aliphatic rings. The molecule has 2 nitrogen and oxygen atoms in total. The smallest absolute Gasteiger partial charge is 0.0485 e. The largest absolute Gasteiger partial charge is 0.379 e. The van der Waals surface area contributed by atoms with Crippen LogP contribution in [-0.4, -0.2) is 13.1 Å². The fourth-order valence-electron chi connectivity index (χ4n) is 3.00. The van der Waals surface area contributed by atoms with Crippen LogP contribution in [0.15, 0.2) is 54.6 Å². The summed E-state index contributed by atoms with van der Waals surface area (Å²) in [5.74, 6) is 0. The summed E-state index contributed by atoms with van der Waals surface area (Å²) in [5, 5.41) is 3.57. The first-order valence-electron chi connectivity index (χ1n) is 7.99. The van der Waals surface area contributed by atoms with E-state index >= 15 is 0 Å². The lowest BCUT2D eigenvalue weighted by atomic mass is 10.1. The van der Waals surface area contributed by atoms with Gasteiger partial charge in [0.1, 0.15) is 0 Å². The number of nitrogens with zero attached hydrogens (tertiary/aromatic N) is 1. The summed E-state index contributed by atoms with van der Waals surface area (Å²) in [6.07, 6.45) is 4.03. The number of nitrogens with one attached hydrogen (secondary N) is 1. The minimum Gasteiger partial charge on any atom is -0.379 e. The van der Waals surface area contributed by atoms with Gasteiger partial charge in [-0.1, -0.05) is 30.3 Å². The molecule has 0 aliphatic carbocycles. The molecule has 1 fully saturated rings. The molecule has 1 unspecified atom stereocenters. The van der Waals surface area contributed by atoms with Gasteiger partial charge in [0.05, 0.1) is 0 Å². The Morgan fingerprint density at radius 3 is 2.19 bits per heavy atom. The first-order valence-corrected chi connectivity index (χ1v) is 7.99. The molecule has 0 bridgehead atoms. The summed E-state index contributed by atoms with van der Waals surface area (Å²) in [6, 6.07) is 19.8. The van der Waals surface area contributed by atoms with Crippen LogP contribution in [-0.2, 0) is 0 Å². The topological polar surface area (TPSA) is 15.3 Å². The molecule has 1 saturated heterocycles. The van der Waals surface area contributed by atoms with Crippen LogP contribution in [0.1, 0.15) is 37.8 Å². The molecule has 0 spiro atoms. The Balaban J connectivity index is 1.64. The van der Waals surface area contributed by atoms with E-state index in [-0.39, 0.29) is 0 Å². The molecule has 1 aliphatic heterocycles. The quantitative estimate of drug-likeness (QED) is 0.861. The third kappa shape index (κ3) is 3.57. The number of piperidine rings is 1. The summed E-state index contributed by atoms with van der Waals surface area (Å²) in [5.41, 5.74) is 3.86. The average molecular weight is 280 g/mol. The minimum atomic E-state index is 0.326. The van der Waals surface area contributed by atoms with Crippen molar-refractivity contribution in [2.24, 2.45) is 0 Å². The molecule has 0 aromatic heterocycles. The fraction of sp³-hybridized carbons (Fsp3) is 0.368. The monoisotopic (exact) mass is 280 g/mol. The molecule has 21 heavy (non-hydrogen) atoms. The minimum absolute atomic E-state index is 0.326. The highest BCUT2D eigenvalue weighted by atomic mass is 15.1. The average Bonchev–Trinajstić information content (AvgIpc) is 2.57. The lowest BCUT2D eigenvalue weighted by molar-refractivity contribution is 0.578. The van der Waals surface area contributed by atoms with Crippen molar-refractivity contribution in [2.45, 2.75) is 32.2 Å². The van der Waals surface area contributed by atoms with Crippen molar-refractivity contribution >= 4 is 11.4 Å². The van der Waals surface area contributed by atoms with E-state index in [0.29, 0.717) is 6.04 Å². The van der Waals surface area contributed by atoms with Crippen molar-refractivity contribution in [1.29, 1.82) is 0 Å². The lowest BCUT2D eigenvalue weighted by Gasteiger charge is -2.29. The first-order chi connectivity index (χ1) is 10.3. The van der Waals surface area contributed by atoms with Crippen LogP contribution >= 0.6 is 0 Å². The summed E-state index contributed by atoms with van der Waals surface area (Å²) in [6.45, 7) is 4.61. The summed E-state index contributed by atoms with van der Waals surface area (Å²) < 4.78 is 0. The Hall–Kier alpha value is -1.96. The Labute approximate surface area is 127 Å². The maximum atomic E-state index is 3.57. The Morgan fingerprint density at radius 1 is 0.857 bits per heavy atom. The van der Waals surface area contributed by atoms with Gasteiger partial charge in [-0.15, -0.1) is 0 Å². The molecule has 1 atom stereocenters. The maximum absolute atomic E-state index is 3.57. The van der Waals surface area contributed by atoms with Crippen molar-refractivity contribution in [2.75, 3.05) is 23.3 Å². The van der Waals surface area contributed by atoms with E-state index in [1.54, 1.807) is 0 Å². The first kappa shape index (κ1) is 14.0. The SMILES string of the molecule is CC(Nc1ccc(N2CCCCC2)cc1)c1ccccc1. The highest BCUT2D eigenvalue weighted by Gasteiger charge is 2.11. The van der Waals surface area contributed by atoms with Crippen LogP contribution in [0.4, 0.5) is 11.4 Å². The Kier molecular flexibility index (Phi) is 4.44. The molecule has 2 aromatic rings. The molecule has 2 heteroatoms. The van der Waals surface area contributed by atoms with Gasteiger partial charge in [0.15, 0.2) is 0 Å². The van der Waals surface area contributed by atoms with Gasteiger partial charge in [0, 0.05) is 30.5 Å². The van der Waals surface area contributed by atoms with Gasteiger partial charge in [0.25, 0.3) is 0 Å². The van der Waals surface area contributed by atoms with E-state index in [0.717, 1.165) is 0 Å². The van der Waals surface area contributed by atoms with Gasteiger partial charge < -0.3 is 10.2 Å². The maximum Gasteiger partial charge on any atom is 0.0485 e. The normalized spacial score (nSPS) is 16.5. The molecule has 0 radical (unpaired) electrons. The molecule has 3 rings (SSSR count). The Morgan fingerprint density at radius 2 is 1.52 bits per heavy atom. The van der Waals surface area contributed by atoms with Crippen LogP contribution in [0.25, 0.3) is 0 Å². The number of anilines is 2. The number of benzene rings is 2. The molecule has 110 valence electrons. The zero-order chi connectivity index (χ0) is 14.5. The predicted molar refractivity (Wildman–Crippen MR) is 91.0 cm³/mol. The second kappa shape index (κ2) is 6.66. The van der Waals surface area contributed by atoms with Crippen LogP contribution in [0, 0.1) is 0 Å². The van der Waals surface area contributed by atoms with Crippen LogP contribution in [0.5, 0.6) is 0 Å². The number of rotatable bonds is 4. The standard InChI is InChI=1S/C19H24N2/c1-16(17-8-4-2-5-9-17)20-18-10-12-19(13-11-18)21-14-6-3-7-15-21/h2,4-5,8-13,16,20H,3,6-7,14-15H2,1H3. The van der Waals surface area contributed by atoms with Crippen molar-refractivity contribution in [1.82, 2.24) is 0 Å². The summed E-state index contributed by atoms with van der Waals surface area (Å²) >= 11 is 0. The molecule has 1 heterocycles.